The van der Waals surface area contributed by atoms with Crippen molar-refractivity contribution in [3.63, 3.8) is 0 Å². The average molecular weight is 368 g/mol. The van der Waals surface area contributed by atoms with E-state index >= 15 is 0 Å². The molecule has 0 saturated heterocycles. The van der Waals surface area contributed by atoms with Crippen molar-refractivity contribution >= 4 is 11.6 Å². The summed E-state index contributed by atoms with van der Waals surface area (Å²) in [6.45, 7) is 0.286. The molecule has 140 valence electrons. The molecule has 0 aliphatic carbocycles. The minimum Gasteiger partial charge on any atom is -0.492 e. The van der Waals surface area contributed by atoms with E-state index in [0.29, 0.717) is 5.75 Å². The topological polar surface area (TPSA) is 70.6 Å². The number of amides is 1. The normalized spacial score (nSPS) is 12.3. The van der Waals surface area contributed by atoms with Crippen molar-refractivity contribution in [2.45, 2.75) is 12.3 Å². The number of halogens is 3. The number of hydrogen-bond donors (Lipinski definition) is 3. The van der Waals surface area contributed by atoms with Gasteiger partial charge in [-0.15, -0.1) is 0 Å². The molecule has 0 fully saturated rings. The summed E-state index contributed by atoms with van der Waals surface area (Å²) in [5.41, 5.74) is -0.284. The zero-order chi connectivity index (χ0) is 19.0. The van der Waals surface area contributed by atoms with Gasteiger partial charge in [-0.1, -0.05) is 36.4 Å². The molecule has 0 aliphatic rings. The van der Waals surface area contributed by atoms with Crippen LogP contribution in [-0.2, 0) is 4.79 Å². The standard InChI is InChI=1S/C18H19F3N2O3/c19-18(20,21)17(25)14-8-4-5-9-15(14)23-12-16(24)22-10-11-26-13-6-2-1-3-7-13/h1-9,17,23,25H,10-12H2,(H,22,24)/t17-/m0/s1. The van der Waals surface area contributed by atoms with Gasteiger partial charge in [-0.05, 0) is 18.2 Å². The van der Waals surface area contributed by atoms with E-state index < -0.39 is 18.2 Å². The highest BCUT2D eigenvalue weighted by Gasteiger charge is 2.40. The maximum Gasteiger partial charge on any atom is 0.418 e. The van der Waals surface area contributed by atoms with Gasteiger partial charge in [0.1, 0.15) is 12.4 Å². The second-order valence-corrected chi connectivity index (χ2v) is 5.40. The molecular formula is C18H19F3N2O3. The van der Waals surface area contributed by atoms with Crippen molar-refractivity contribution in [1.82, 2.24) is 5.32 Å². The van der Waals surface area contributed by atoms with Crippen LogP contribution in [0.15, 0.2) is 54.6 Å². The first-order chi connectivity index (χ1) is 12.4. The molecule has 0 unspecified atom stereocenters. The van der Waals surface area contributed by atoms with E-state index in [0.717, 1.165) is 6.07 Å². The molecule has 26 heavy (non-hydrogen) atoms. The van der Waals surface area contributed by atoms with Crippen LogP contribution < -0.4 is 15.4 Å². The number of carbonyl (C=O) groups excluding carboxylic acids is 1. The van der Waals surface area contributed by atoms with Gasteiger partial charge in [-0.3, -0.25) is 4.79 Å². The zero-order valence-corrected chi connectivity index (χ0v) is 13.8. The highest BCUT2D eigenvalue weighted by Crippen LogP contribution is 2.35. The minimum atomic E-state index is -4.78. The molecule has 2 rings (SSSR count). The lowest BCUT2D eigenvalue weighted by atomic mass is 10.1. The van der Waals surface area contributed by atoms with Gasteiger partial charge in [0.05, 0.1) is 13.1 Å². The molecule has 0 bridgehead atoms. The van der Waals surface area contributed by atoms with Crippen molar-refractivity contribution in [1.29, 1.82) is 0 Å². The zero-order valence-electron chi connectivity index (χ0n) is 13.8. The van der Waals surface area contributed by atoms with Crippen LogP contribution in [0.2, 0.25) is 0 Å². The Balaban J connectivity index is 1.79. The predicted molar refractivity (Wildman–Crippen MR) is 90.9 cm³/mol. The summed E-state index contributed by atoms with van der Waals surface area (Å²) in [6.07, 6.45) is -7.40. The number of ether oxygens (including phenoxy) is 1. The van der Waals surface area contributed by atoms with Gasteiger partial charge in [0, 0.05) is 11.3 Å². The van der Waals surface area contributed by atoms with E-state index in [4.69, 9.17) is 4.74 Å². The van der Waals surface area contributed by atoms with Crippen molar-refractivity contribution < 1.29 is 27.8 Å². The lowest BCUT2D eigenvalue weighted by Gasteiger charge is -2.19. The Kier molecular flexibility index (Phi) is 6.85. The van der Waals surface area contributed by atoms with Crippen LogP contribution in [0.3, 0.4) is 0 Å². The van der Waals surface area contributed by atoms with Crippen LogP contribution in [0.25, 0.3) is 0 Å². The molecule has 1 atom stereocenters. The Morgan fingerprint density at radius 2 is 1.73 bits per heavy atom. The van der Waals surface area contributed by atoms with E-state index in [1.165, 1.54) is 18.2 Å². The maximum atomic E-state index is 12.7. The van der Waals surface area contributed by atoms with Crippen molar-refractivity contribution in [3.05, 3.63) is 60.2 Å². The summed E-state index contributed by atoms with van der Waals surface area (Å²) in [4.78, 5) is 11.8. The summed E-state index contributed by atoms with van der Waals surface area (Å²) in [5.74, 6) is 0.271. The quantitative estimate of drug-likeness (QED) is 0.627. The minimum absolute atomic E-state index is 0.0491. The monoisotopic (exact) mass is 368 g/mol. The second-order valence-electron chi connectivity index (χ2n) is 5.40. The lowest BCUT2D eigenvalue weighted by Crippen LogP contribution is -2.33. The maximum absolute atomic E-state index is 12.7. The van der Waals surface area contributed by atoms with Gasteiger partial charge in [-0.2, -0.15) is 13.2 Å². The summed E-state index contributed by atoms with van der Waals surface area (Å²) >= 11 is 0. The van der Waals surface area contributed by atoms with E-state index in [2.05, 4.69) is 10.6 Å². The van der Waals surface area contributed by atoms with Crippen molar-refractivity contribution in [2.24, 2.45) is 0 Å². The molecule has 0 aromatic heterocycles. The van der Waals surface area contributed by atoms with Gasteiger partial charge in [0.2, 0.25) is 5.91 Å². The average Bonchev–Trinajstić information content (AvgIpc) is 2.63. The Labute approximate surface area is 148 Å². The van der Waals surface area contributed by atoms with E-state index in [1.807, 2.05) is 18.2 Å². The van der Waals surface area contributed by atoms with Crippen LogP contribution >= 0.6 is 0 Å². The van der Waals surface area contributed by atoms with Crippen LogP contribution in [0.1, 0.15) is 11.7 Å². The first-order valence-corrected chi connectivity index (χ1v) is 7.90. The Bertz CT molecular complexity index is 708. The van der Waals surface area contributed by atoms with Crippen LogP contribution in [0, 0.1) is 0 Å². The molecule has 3 N–H and O–H groups in total. The lowest BCUT2D eigenvalue weighted by molar-refractivity contribution is -0.206. The van der Waals surface area contributed by atoms with Crippen LogP contribution in [0.4, 0.5) is 18.9 Å². The predicted octanol–water partition coefficient (Wildman–Crippen LogP) is 2.89. The molecule has 0 heterocycles. The van der Waals surface area contributed by atoms with Gasteiger partial charge < -0.3 is 20.5 Å². The Morgan fingerprint density at radius 1 is 1.08 bits per heavy atom. The molecule has 0 spiro atoms. The number of carbonyl (C=O) groups is 1. The van der Waals surface area contributed by atoms with Gasteiger partial charge >= 0.3 is 6.18 Å². The molecular weight excluding hydrogens is 349 g/mol. The first-order valence-electron chi connectivity index (χ1n) is 7.90. The largest absolute Gasteiger partial charge is 0.492 e. The third-order valence-electron chi connectivity index (χ3n) is 3.44. The van der Waals surface area contributed by atoms with Crippen LogP contribution in [0.5, 0.6) is 5.75 Å². The number of anilines is 1. The van der Waals surface area contributed by atoms with Gasteiger partial charge in [0.25, 0.3) is 0 Å². The summed E-state index contributed by atoms with van der Waals surface area (Å²) in [7, 11) is 0. The Morgan fingerprint density at radius 3 is 2.42 bits per heavy atom. The molecule has 0 radical (unpaired) electrons. The highest BCUT2D eigenvalue weighted by atomic mass is 19.4. The van der Waals surface area contributed by atoms with E-state index in [-0.39, 0.29) is 30.9 Å². The molecule has 2 aromatic carbocycles. The van der Waals surface area contributed by atoms with Crippen LogP contribution in [-0.4, -0.2) is 36.9 Å². The van der Waals surface area contributed by atoms with Gasteiger partial charge in [-0.25, -0.2) is 0 Å². The second kappa shape index (κ2) is 9.10. The summed E-state index contributed by atoms with van der Waals surface area (Å²) in [5, 5.41) is 14.6. The SMILES string of the molecule is O=C(CNc1ccccc1[C@H](O)C(F)(F)F)NCCOc1ccccc1. The third kappa shape index (κ3) is 5.96. The number of nitrogens with one attached hydrogen (secondary N) is 2. The van der Waals surface area contributed by atoms with E-state index in [1.54, 1.807) is 12.1 Å². The first kappa shape index (κ1) is 19.6. The van der Waals surface area contributed by atoms with Crippen molar-refractivity contribution in [2.75, 3.05) is 25.0 Å². The number of benzene rings is 2. The molecule has 0 aliphatic heterocycles. The molecule has 0 saturated carbocycles. The number of aliphatic hydroxyl groups is 1. The number of hydrogen-bond acceptors (Lipinski definition) is 4. The highest BCUT2D eigenvalue weighted by molar-refractivity contribution is 5.81. The molecule has 1 amide bonds. The Hall–Kier alpha value is -2.74. The number of alkyl halides is 3. The number of aliphatic hydroxyl groups excluding tert-OH is 1. The summed E-state index contributed by atoms with van der Waals surface area (Å²) < 4.78 is 43.5. The smallest absolute Gasteiger partial charge is 0.418 e. The fourth-order valence-corrected chi connectivity index (χ4v) is 2.19. The summed E-state index contributed by atoms with van der Waals surface area (Å²) in [6, 6.07) is 14.5. The third-order valence-corrected chi connectivity index (χ3v) is 3.44. The fourth-order valence-electron chi connectivity index (χ4n) is 2.19. The number of para-hydroxylation sites is 2. The molecule has 2 aromatic rings. The number of rotatable bonds is 8. The van der Waals surface area contributed by atoms with E-state index in [9.17, 15) is 23.1 Å². The fraction of sp³-hybridized carbons (Fsp3) is 0.278. The molecule has 8 heteroatoms. The van der Waals surface area contributed by atoms with Crippen molar-refractivity contribution in [3.8, 4) is 5.75 Å². The molecule has 5 nitrogen and oxygen atoms in total. The van der Waals surface area contributed by atoms with Gasteiger partial charge in [0.15, 0.2) is 6.10 Å².